The molecule has 4 aliphatic rings. The molecule has 3 atom stereocenters. The quantitative estimate of drug-likeness (QED) is 0.500. The molecule has 6 rings (SSSR count). The van der Waals surface area contributed by atoms with Crippen LogP contribution in [0.3, 0.4) is 0 Å². The number of carbonyl (C=O) groups excluding carboxylic acids is 1. The van der Waals surface area contributed by atoms with Crippen LogP contribution in [0, 0.1) is 6.92 Å². The topological polar surface area (TPSA) is 90.6 Å². The molecule has 2 saturated heterocycles. The average Bonchev–Trinajstić information content (AvgIpc) is 3.58. The number of nitrogens with zero attached hydrogens (tertiary/aromatic N) is 4. The highest BCUT2D eigenvalue weighted by Gasteiger charge is 2.43. The molecule has 0 spiro atoms. The van der Waals surface area contributed by atoms with E-state index in [1.807, 2.05) is 6.92 Å². The first-order valence-corrected chi connectivity index (χ1v) is 13.4. The number of esters is 1. The molecule has 2 aromatic heterocycles. The minimum absolute atomic E-state index is 0.204. The fraction of sp³-hybridized carbons (Fsp3) is 0.704. The van der Waals surface area contributed by atoms with E-state index < -0.39 is 5.97 Å². The van der Waals surface area contributed by atoms with Gasteiger partial charge in [0.1, 0.15) is 5.76 Å². The molecule has 2 unspecified atom stereocenters. The van der Waals surface area contributed by atoms with Gasteiger partial charge in [0.25, 0.3) is 0 Å². The Hall–Kier alpha value is -2.48. The molecule has 2 aliphatic carbocycles. The Labute approximate surface area is 206 Å². The number of methoxy groups -OCH3 is 1. The summed E-state index contributed by atoms with van der Waals surface area (Å²) >= 11 is 0. The Balaban J connectivity index is 1.16. The first-order chi connectivity index (χ1) is 17.1. The third-order valence-electron chi connectivity index (χ3n) is 8.41. The molecular weight excluding hydrogens is 444 g/mol. The van der Waals surface area contributed by atoms with Crippen molar-refractivity contribution in [3.63, 3.8) is 0 Å². The molecular formula is C27H36N4O4. The number of aryl methyl sites for hydroxylation is 1. The summed E-state index contributed by atoms with van der Waals surface area (Å²) in [4.78, 5) is 23.6. The van der Waals surface area contributed by atoms with Crippen LogP contribution in [-0.2, 0) is 16.1 Å². The second-order valence-corrected chi connectivity index (χ2v) is 10.9. The van der Waals surface area contributed by atoms with Crippen molar-refractivity contribution in [2.75, 3.05) is 12.0 Å². The highest BCUT2D eigenvalue weighted by atomic mass is 16.5. The summed E-state index contributed by atoms with van der Waals surface area (Å²) in [5, 5.41) is 4.58. The molecule has 0 N–H and O–H groups in total. The number of hydrogen-bond acceptors (Lipinski definition) is 8. The molecule has 188 valence electrons. The van der Waals surface area contributed by atoms with Crippen molar-refractivity contribution in [3.8, 4) is 0 Å². The first-order valence-electron chi connectivity index (χ1n) is 13.4. The summed E-state index contributed by atoms with van der Waals surface area (Å²) < 4.78 is 17.4. The summed E-state index contributed by atoms with van der Waals surface area (Å²) in [6.45, 7) is 2.51. The molecule has 0 amide bonds. The maximum atomic E-state index is 12.1. The van der Waals surface area contributed by atoms with E-state index in [1.165, 1.54) is 63.3 Å². The van der Waals surface area contributed by atoms with E-state index in [0.29, 0.717) is 42.2 Å². The van der Waals surface area contributed by atoms with Crippen molar-refractivity contribution in [1.82, 2.24) is 15.1 Å². The van der Waals surface area contributed by atoms with Crippen LogP contribution in [0.1, 0.15) is 116 Å². The minimum Gasteiger partial charge on any atom is -0.464 e. The normalized spacial score (nSPS) is 26.8. The van der Waals surface area contributed by atoms with Gasteiger partial charge in [-0.3, -0.25) is 0 Å². The standard InChI is InChI=1S/C27H36N4O4/c1-16-12-23(26(32)33-2)29-27(28-16)31-19-10-11-20(31)14-21(13-19)34-15-22-24(17-6-4-3-5-7-17)30-35-25(22)18-8-9-18/h12,17-21H,3-11,13-15H2,1-2H3/t19-,20?,21?/m0/s1. The zero-order chi connectivity index (χ0) is 23.9. The first kappa shape index (κ1) is 23.0. The molecule has 8 heteroatoms. The molecule has 4 heterocycles. The molecule has 2 aliphatic heterocycles. The smallest absolute Gasteiger partial charge is 0.356 e. The van der Waals surface area contributed by atoms with Gasteiger partial charge in [0.2, 0.25) is 5.95 Å². The lowest BCUT2D eigenvalue weighted by Gasteiger charge is -2.39. The van der Waals surface area contributed by atoms with Crippen LogP contribution < -0.4 is 4.90 Å². The van der Waals surface area contributed by atoms with E-state index in [9.17, 15) is 4.79 Å². The predicted octanol–water partition coefficient (Wildman–Crippen LogP) is 5.20. The van der Waals surface area contributed by atoms with Crippen molar-refractivity contribution in [2.24, 2.45) is 0 Å². The van der Waals surface area contributed by atoms with Gasteiger partial charge in [0.05, 0.1) is 25.5 Å². The molecule has 0 aromatic carbocycles. The van der Waals surface area contributed by atoms with Crippen LogP contribution in [-0.4, -0.2) is 46.4 Å². The third-order valence-corrected chi connectivity index (χ3v) is 8.41. The number of aromatic nitrogens is 3. The van der Waals surface area contributed by atoms with E-state index >= 15 is 0 Å². The van der Waals surface area contributed by atoms with Gasteiger partial charge in [0, 0.05) is 35.2 Å². The summed E-state index contributed by atoms with van der Waals surface area (Å²) in [5.74, 6) is 2.38. The van der Waals surface area contributed by atoms with E-state index in [-0.39, 0.29) is 6.10 Å². The maximum absolute atomic E-state index is 12.1. The Bertz CT molecular complexity index is 1060. The number of rotatable bonds is 7. The second-order valence-electron chi connectivity index (χ2n) is 10.9. The highest BCUT2D eigenvalue weighted by Crippen LogP contribution is 2.46. The summed E-state index contributed by atoms with van der Waals surface area (Å²) in [6, 6.07) is 2.34. The van der Waals surface area contributed by atoms with Gasteiger partial charge in [0.15, 0.2) is 5.69 Å². The highest BCUT2D eigenvalue weighted by molar-refractivity contribution is 5.87. The van der Waals surface area contributed by atoms with Crippen LogP contribution in [0.2, 0.25) is 0 Å². The Morgan fingerprint density at radius 2 is 1.77 bits per heavy atom. The number of fused-ring (bicyclic) bond motifs is 2. The van der Waals surface area contributed by atoms with Gasteiger partial charge in [-0.25, -0.2) is 14.8 Å². The van der Waals surface area contributed by atoms with Crippen LogP contribution >= 0.6 is 0 Å². The Morgan fingerprint density at radius 3 is 2.46 bits per heavy atom. The van der Waals surface area contributed by atoms with Crippen LogP contribution in [0.25, 0.3) is 0 Å². The van der Waals surface area contributed by atoms with Crippen molar-refractivity contribution in [2.45, 2.75) is 114 Å². The van der Waals surface area contributed by atoms with Gasteiger partial charge in [-0.2, -0.15) is 0 Å². The molecule has 35 heavy (non-hydrogen) atoms. The van der Waals surface area contributed by atoms with E-state index in [0.717, 1.165) is 37.1 Å². The van der Waals surface area contributed by atoms with Crippen molar-refractivity contribution in [1.29, 1.82) is 0 Å². The number of piperidine rings is 1. The monoisotopic (exact) mass is 480 g/mol. The number of hydrogen-bond donors (Lipinski definition) is 0. The van der Waals surface area contributed by atoms with Crippen LogP contribution in [0.15, 0.2) is 10.6 Å². The van der Waals surface area contributed by atoms with Gasteiger partial charge in [-0.1, -0.05) is 24.4 Å². The van der Waals surface area contributed by atoms with Crippen molar-refractivity contribution >= 4 is 11.9 Å². The Kier molecular flexibility index (Phi) is 6.25. The molecule has 2 saturated carbocycles. The SMILES string of the molecule is COC(=O)c1cc(C)nc(N2C3CC[C@H]2CC(OCc2c(C4CCCCC4)noc2C2CC2)C3)n1. The van der Waals surface area contributed by atoms with Crippen molar-refractivity contribution in [3.05, 3.63) is 34.5 Å². The van der Waals surface area contributed by atoms with E-state index in [4.69, 9.17) is 14.0 Å². The fourth-order valence-corrected chi connectivity index (χ4v) is 6.51. The Morgan fingerprint density at radius 1 is 1.03 bits per heavy atom. The van der Waals surface area contributed by atoms with Crippen molar-refractivity contribution < 1.29 is 18.8 Å². The zero-order valence-corrected chi connectivity index (χ0v) is 20.9. The maximum Gasteiger partial charge on any atom is 0.356 e. The molecule has 8 nitrogen and oxygen atoms in total. The van der Waals surface area contributed by atoms with Gasteiger partial charge in [-0.15, -0.1) is 0 Å². The summed E-state index contributed by atoms with van der Waals surface area (Å²) in [5.41, 5.74) is 3.53. The molecule has 0 radical (unpaired) electrons. The van der Waals surface area contributed by atoms with Gasteiger partial charge in [-0.05, 0) is 64.4 Å². The second kappa shape index (κ2) is 9.52. The fourth-order valence-electron chi connectivity index (χ4n) is 6.51. The van der Waals surface area contributed by atoms with E-state index in [2.05, 4.69) is 20.0 Å². The number of anilines is 1. The largest absolute Gasteiger partial charge is 0.464 e. The minimum atomic E-state index is -0.420. The zero-order valence-electron chi connectivity index (χ0n) is 20.9. The average molecular weight is 481 g/mol. The van der Waals surface area contributed by atoms with Crippen LogP contribution in [0.5, 0.6) is 0 Å². The molecule has 2 aromatic rings. The van der Waals surface area contributed by atoms with Crippen LogP contribution in [0.4, 0.5) is 5.95 Å². The lowest BCUT2D eigenvalue weighted by Crippen LogP contribution is -2.46. The number of ether oxygens (including phenoxy) is 2. The molecule has 2 bridgehead atoms. The lowest BCUT2D eigenvalue weighted by atomic mass is 9.85. The summed E-state index contributed by atoms with van der Waals surface area (Å²) in [7, 11) is 1.38. The number of carbonyl (C=O) groups is 1. The van der Waals surface area contributed by atoms with E-state index in [1.54, 1.807) is 6.07 Å². The predicted molar refractivity (Wildman–Crippen MR) is 130 cm³/mol. The van der Waals surface area contributed by atoms with Gasteiger partial charge < -0.3 is 18.9 Å². The lowest BCUT2D eigenvalue weighted by molar-refractivity contribution is 0.0138. The summed E-state index contributed by atoms with van der Waals surface area (Å²) in [6.07, 6.45) is 13.1. The third kappa shape index (κ3) is 4.57. The molecule has 4 fully saturated rings. The van der Waals surface area contributed by atoms with Gasteiger partial charge >= 0.3 is 5.97 Å².